The van der Waals surface area contributed by atoms with Crippen molar-refractivity contribution < 1.29 is 0 Å². The van der Waals surface area contributed by atoms with Crippen LogP contribution in [0, 0.1) is 0 Å². The number of aliphatic imine (C=N–C) groups is 1. The Balaban J connectivity index is 1.83. The number of hydrogen-bond acceptors (Lipinski definition) is 2. The van der Waals surface area contributed by atoms with Gasteiger partial charge in [0.15, 0.2) is 4.80 Å². The van der Waals surface area contributed by atoms with Gasteiger partial charge in [-0.25, -0.2) is 4.99 Å². The van der Waals surface area contributed by atoms with Crippen molar-refractivity contribution in [1.29, 1.82) is 0 Å². The van der Waals surface area contributed by atoms with Gasteiger partial charge < -0.3 is 9.47 Å². The lowest BCUT2D eigenvalue weighted by atomic mass is 10.3. The first-order chi connectivity index (χ1) is 11.8. The van der Waals surface area contributed by atoms with Crippen molar-refractivity contribution in [3.8, 4) is 0 Å². The quantitative estimate of drug-likeness (QED) is 0.490. The average Bonchev–Trinajstić information content (AvgIpc) is 3.25. The van der Waals surface area contributed by atoms with Gasteiger partial charge in [0.05, 0.1) is 15.9 Å². The predicted molar refractivity (Wildman–Crippen MR) is 101 cm³/mol. The molecule has 0 saturated carbocycles. The van der Waals surface area contributed by atoms with E-state index in [1.54, 1.807) is 11.3 Å². The number of aryl methyl sites for hydroxylation is 1. The summed E-state index contributed by atoms with van der Waals surface area (Å²) < 4.78 is 3.40. The lowest BCUT2D eigenvalue weighted by Gasteiger charge is -2.15. The SMILES string of the molecule is Cn1c(=NC(=Nc2ccccc2)N2CCCC2)sc2ccccc21. The third-order valence-electron chi connectivity index (χ3n) is 4.28. The van der Waals surface area contributed by atoms with E-state index in [4.69, 9.17) is 9.98 Å². The molecule has 0 atom stereocenters. The van der Waals surface area contributed by atoms with Crippen molar-refractivity contribution in [1.82, 2.24) is 9.47 Å². The van der Waals surface area contributed by atoms with Crippen LogP contribution in [0.3, 0.4) is 0 Å². The van der Waals surface area contributed by atoms with Crippen LogP contribution in [-0.2, 0) is 7.05 Å². The van der Waals surface area contributed by atoms with Crippen LogP contribution < -0.4 is 4.80 Å². The van der Waals surface area contributed by atoms with E-state index in [0.717, 1.165) is 29.5 Å². The number of nitrogens with zero attached hydrogens (tertiary/aromatic N) is 4. The fourth-order valence-corrected chi connectivity index (χ4v) is 3.99. The van der Waals surface area contributed by atoms with Crippen LogP contribution in [0.4, 0.5) is 5.69 Å². The number of likely N-dealkylation sites (tertiary alicyclic amines) is 1. The molecule has 1 aliphatic heterocycles. The van der Waals surface area contributed by atoms with E-state index in [1.807, 2.05) is 30.3 Å². The van der Waals surface area contributed by atoms with Crippen LogP contribution >= 0.6 is 11.3 Å². The van der Waals surface area contributed by atoms with E-state index in [9.17, 15) is 0 Å². The molecule has 0 bridgehead atoms. The number of benzene rings is 2. The van der Waals surface area contributed by atoms with Crippen molar-refractivity contribution in [3.63, 3.8) is 0 Å². The standard InChI is InChI=1S/C19H20N4S/c1-22-16-11-5-6-12-17(16)24-19(22)21-18(23-13-7-8-14-23)20-15-9-3-2-4-10-15/h2-6,9-12H,7-8,13-14H2,1H3. The number of fused-ring (bicyclic) bond motifs is 1. The molecule has 0 spiro atoms. The van der Waals surface area contributed by atoms with Crippen molar-refractivity contribution in [3.05, 3.63) is 59.4 Å². The normalized spacial score (nSPS) is 16.3. The van der Waals surface area contributed by atoms with E-state index >= 15 is 0 Å². The van der Waals surface area contributed by atoms with Crippen molar-refractivity contribution >= 4 is 33.2 Å². The molecule has 3 aromatic rings. The molecule has 5 heteroatoms. The summed E-state index contributed by atoms with van der Waals surface area (Å²) in [6, 6.07) is 18.5. The summed E-state index contributed by atoms with van der Waals surface area (Å²) in [7, 11) is 2.07. The first-order valence-corrected chi connectivity index (χ1v) is 9.11. The van der Waals surface area contributed by atoms with Crippen LogP contribution in [0.15, 0.2) is 64.6 Å². The molecule has 122 valence electrons. The summed E-state index contributed by atoms with van der Waals surface area (Å²) in [6.07, 6.45) is 2.42. The minimum absolute atomic E-state index is 0.820. The molecule has 4 nitrogen and oxygen atoms in total. The highest BCUT2D eigenvalue weighted by molar-refractivity contribution is 7.16. The zero-order valence-corrected chi connectivity index (χ0v) is 14.5. The van der Waals surface area contributed by atoms with Crippen molar-refractivity contribution in [2.24, 2.45) is 17.0 Å². The zero-order valence-electron chi connectivity index (χ0n) is 13.7. The Labute approximate surface area is 145 Å². The molecule has 1 fully saturated rings. The van der Waals surface area contributed by atoms with Crippen LogP contribution in [0.2, 0.25) is 0 Å². The monoisotopic (exact) mass is 336 g/mol. The van der Waals surface area contributed by atoms with E-state index in [0.29, 0.717) is 0 Å². The second-order valence-corrected chi connectivity index (χ2v) is 6.97. The predicted octanol–water partition coefficient (Wildman–Crippen LogP) is 3.92. The number of para-hydroxylation sites is 2. The molecule has 1 aromatic heterocycles. The van der Waals surface area contributed by atoms with Gasteiger partial charge in [-0.15, -0.1) is 0 Å². The lowest BCUT2D eigenvalue weighted by Crippen LogP contribution is -2.28. The smallest absolute Gasteiger partial charge is 0.228 e. The Hall–Kier alpha value is -2.40. The highest BCUT2D eigenvalue weighted by atomic mass is 32.1. The van der Waals surface area contributed by atoms with E-state index in [-0.39, 0.29) is 0 Å². The summed E-state index contributed by atoms with van der Waals surface area (Å²) in [4.78, 5) is 13.0. The number of aromatic nitrogens is 1. The molecule has 2 heterocycles. The fourth-order valence-electron chi connectivity index (χ4n) is 2.98. The first-order valence-electron chi connectivity index (χ1n) is 8.29. The Morgan fingerprint density at radius 2 is 1.67 bits per heavy atom. The van der Waals surface area contributed by atoms with Gasteiger partial charge in [-0.2, -0.15) is 4.99 Å². The average molecular weight is 336 g/mol. The molecule has 0 radical (unpaired) electrons. The van der Waals surface area contributed by atoms with Crippen LogP contribution in [-0.4, -0.2) is 28.5 Å². The van der Waals surface area contributed by atoms with Crippen molar-refractivity contribution in [2.45, 2.75) is 12.8 Å². The molecule has 1 saturated heterocycles. The summed E-state index contributed by atoms with van der Waals surface area (Å²) >= 11 is 1.71. The summed E-state index contributed by atoms with van der Waals surface area (Å²) in [5.41, 5.74) is 2.16. The Bertz CT molecular complexity index is 931. The Morgan fingerprint density at radius 3 is 2.42 bits per heavy atom. The van der Waals surface area contributed by atoms with Gasteiger partial charge in [0.1, 0.15) is 0 Å². The number of hydrogen-bond donors (Lipinski definition) is 0. The van der Waals surface area contributed by atoms with Crippen LogP contribution in [0.25, 0.3) is 10.2 Å². The minimum atomic E-state index is 0.820. The highest BCUT2D eigenvalue weighted by Crippen LogP contribution is 2.17. The minimum Gasteiger partial charge on any atom is -0.341 e. The molecule has 0 aliphatic carbocycles. The second kappa shape index (κ2) is 6.61. The maximum atomic E-state index is 4.93. The van der Waals surface area contributed by atoms with Gasteiger partial charge >= 0.3 is 0 Å². The topological polar surface area (TPSA) is 32.9 Å². The maximum absolute atomic E-state index is 4.93. The van der Waals surface area contributed by atoms with Gasteiger partial charge in [0.25, 0.3) is 0 Å². The van der Waals surface area contributed by atoms with Crippen LogP contribution in [0.1, 0.15) is 12.8 Å². The second-order valence-electron chi connectivity index (χ2n) is 5.96. The van der Waals surface area contributed by atoms with Gasteiger partial charge in [-0.05, 0) is 37.1 Å². The van der Waals surface area contributed by atoms with Gasteiger partial charge in [0, 0.05) is 20.1 Å². The zero-order chi connectivity index (χ0) is 16.4. The van der Waals surface area contributed by atoms with Crippen LogP contribution in [0.5, 0.6) is 0 Å². The lowest BCUT2D eigenvalue weighted by molar-refractivity contribution is 0.512. The fraction of sp³-hybridized carbons (Fsp3) is 0.263. The molecule has 1 aliphatic rings. The number of guanidine groups is 1. The molecule has 0 unspecified atom stereocenters. The van der Waals surface area contributed by atoms with E-state index < -0.39 is 0 Å². The molecule has 0 N–H and O–H groups in total. The highest BCUT2D eigenvalue weighted by Gasteiger charge is 2.16. The molecule has 24 heavy (non-hydrogen) atoms. The van der Waals surface area contributed by atoms with E-state index in [1.165, 1.54) is 23.1 Å². The summed E-state index contributed by atoms with van der Waals surface area (Å²) in [5, 5.41) is 0. The number of thiazole rings is 1. The van der Waals surface area contributed by atoms with Gasteiger partial charge in [-0.1, -0.05) is 41.7 Å². The third kappa shape index (κ3) is 2.99. The van der Waals surface area contributed by atoms with E-state index in [2.05, 4.69) is 40.8 Å². The summed E-state index contributed by atoms with van der Waals surface area (Å²) in [5.74, 6) is 0.820. The van der Waals surface area contributed by atoms with Gasteiger partial charge in [-0.3, -0.25) is 0 Å². The molecular formula is C19H20N4S. The molecule has 2 aromatic carbocycles. The maximum Gasteiger partial charge on any atom is 0.228 e. The Morgan fingerprint density at radius 1 is 0.958 bits per heavy atom. The molecule has 0 amide bonds. The third-order valence-corrected chi connectivity index (χ3v) is 5.40. The Kier molecular flexibility index (Phi) is 4.17. The first kappa shape index (κ1) is 15.1. The number of rotatable bonds is 1. The van der Waals surface area contributed by atoms with Crippen molar-refractivity contribution in [2.75, 3.05) is 13.1 Å². The molecular weight excluding hydrogens is 316 g/mol. The largest absolute Gasteiger partial charge is 0.341 e. The molecule has 4 rings (SSSR count). The van der Waals surface area contributed by atoms with Gasteiger partial charge in [0.2, 0.25) is 5.96 Å². The summed E-state index contributed by atoms with van der Waals surface area (Å²) in [6.45, 7) is 2.06.